The van der Waals surface area contributed by atoms with Crippen LogP contribution >= 0.6 is 11.6 Å². The minimum atomic E-state index is -0.435. The van der Waals surface area contributed by atoms with E-state index in [9.17, 15) is 14.0 Å². The Bertz CT molecular complexity index is 696. The second kappa shape index (κ2) is 5.43. The molecule has 0 fully saturated rings. The molecule has 0 aliphatic carbocycles. The van der Waals surface area contributed by atoms with Crippen LogP contribution in [0.25, 0.3) is 0 Å². The number of halogens is 2. The van der Waals surface area contributed by atoms with E-state index in [1.54, 1.807) is 6.92 Å². The first-order valence-electron chi connectivity index (χ1n) is 5.79. The van der Waals surface area contributed by atoms with E-state index in [4.69, 9.17) is 17.3 Å². The predicted molar refractivity (Wildman–Crippen MR) is 75.8 cm³/mol. The van der Waals surface area contributed by atoms with Crippen LogP contribution in [0.4, 0.5) is 10.1 Å². The summed E-state index contributed by atoms with van der Waals surface area (Å²) in [4.78, 5) is 23.3. The molecular formula is C15H11ClFNO2. The third-order valence-corrected chi connectivity index (χ3v) is 3.55. The summed E-state index contributed by atoms with van der Waals surface area (Å²) >= 11 is 6.11. The first-order valence-corrected chi connectivity index (χ1v) is 6.17. The van der Waals surface area contributed by atoms with Crippen LogP contribution < -0.4 is 5.73 Å². The molecule has 0 aromatic heterocycles. The summed E-state index contributed by atoms with van der Waals surface area (Å²) in [7, 11) is 0. The van der Waals surface area contributed by atoms with Crippen molar-refractivity contribution < 1.29 is 14.0 Å². The van der Waals surface area contributed by atoms with Gasteiger partial charge in [-0.1, -0.05) is 11.6 Å². The Morgan fingerprint density at radius 1 is 1.30 bits per heavy atom. The fourth-order valence-corrected chi connectivity index (χ4v) is 2.10. The number of hydrogen-bond donors (Lipinski definition) is 1. The van der Waals surface area contributed by atoms with Crippen molar-refractivity contribution in [2.24, 2.45) is 0 Å². The molecule has 0 spiro atoms. The number of benzene rings is 2. The summed E-state index contributed by atoms with van der Waals surface area (Å²) in [6.45, 7) is 1.63. The lowest BCUT2D eigenvalue weighted by Crippen LogP contribution is -2.07. The lowest BCUT2D eigenvalue weighted by molar-refractivity contribution is 0.103. The largest absolute Gasteiger partial charge is 0.398 e. The second-order valence-corrected chi connectivity index (χ2v) is 4.70. The molecule has 2 rings (SSSR count). The zero-order chi connectivity index (χ0) is 14.9. The molecule has 0 unspecified atom stereocenters. The van der Waals surface area contributed by atoms with E-state index in [0.29, 0.717) is 11.8 Å². The van der Waals surface area contributed by atoms with Crippen LogP contribution in [0.15, 0.2) is 30.3 Å². The van der Waals surface area contributed by atoms with E-state index in [2.05, 4.69) is 0 Å². The molecule has 0 aliphatic heterocycles. The van der Waals surface area contributed by atoms with Crippen LogP contribution in [0.3, 0.4) is 0 Å². The molecule has 0 bridgehead atoms. The molecule has 3 nitrogen and oxygen atoms in total. The highest BCUT2D eigenvalue weighted by atomic mass is 35.5. The van der Waals surface area contributed by atoms with Crippen molar-refractivity contribution in [3.05, 3.63) is 63.4 Å². The summed E-state index contributed by atoms with van der Waals surface area (Å²) in [5, 5.41) is 0.197. The molecule has 2 N–H and O–H groups in total. The van der Waals surface area contributed by atoms with Crippen molar-refractivity contribution in [1.82, 2.24) is 0 Å². The van der Waals surface area contributed by atoms with Gasteiger partial charge in [0.25, 0.3) is 0 Å². The van der Waals surface area contributed by atoms with Gasteiger partial charge in [0.15, 0.2) is 12.1 Å². The molecule has 0 aliphatic rings. The van der Waals surface area contributed by atoms with Gasteiger partial charge in [0.1, 0.15) is 5.82 Å². The number of nitrogens with two attached hydrogens (primary N) is 1. The Kier molecular flexibility index (Phi) is 3.86. The maximum absolute atomic E-state index is 12.9. The van der Waals surface area contributed by atoms with Gasteiger partial charge in [-0.2, -0.15) is 0 Å². The summed E-state index contributed by atoms with van der Waals surface area (Å²) < 4.78 is 12.9. The Morgan fingerprint density at radius 2 is 1.90 bits per heavy atom. The number of carbonyl (C=O) groups is 2. The zero-order valence-corrected chi connectivity index (χ0v) is 11.4. The van der Waals surface area contributed by atoms with Gasteiger partial charge >= 0.3 is 0 Å². The monoisotopic (exact) mass is 291 g/mol. The quantitative estimate of drug-likeness (QED) is 0.535. The number of carbonyl (C=O) groups excluding carboxylic acids is 2. The lowest BCUT2D eigenvalue weighted by Gasteiger charge is -2.11. The fourth-order valence-electron chi connectivity index (χ4n) is 1.85. The molecule has 5 heteroatoms. The third kappa shape index (κ3) is 2.42. The van der Waals surface area contributed by atoms with Crippen LogP contribution in [0, 0.1) is 12.7 Å². The number of hydrogen-bond acceptors (Lipinski definition) is 3. The molecular weight excluding hydrogens is 281 g/mol. The standard InChI is InChI=1S/C15H11ClFNO2/c1-8-13(16)12(6-10(7-19)14(8)18)15(20)9-2-4-11(17)5-3-9/h2-7H,18H2,1H3. The first-order chi connectivity index (χ1) is 9.45. The summed E-state index contributed by atoms with van der Waals surface area (Å²) in [6, 6.07) is 6.45. The van der Waals surface area contributed by atoms with Gasteiger partial charge in [0.05, 0.1) is 5.02 Å². The average Bonchev–Trinajstić information content (AvgIpc) is 2.45. The number of anilines is 1. The van der Waals surface area contributed by atoms with E-state index in [1.807, 2.05) is 0 Å². The summed E-state index contributed by atoms with van der Waals surface area (Å²) in [6.07, 6.45) is 0.570. The molecule has 20 heavy (non-hydrogen) atoms. The molecule has 0 amide bonds. The Labute approximate surface area is 120 Å². The molecule has 0 radical (unpaired) electrons. The topological polar surface area (TPSA) is 60.2 Å². The Morgan fingerprint density at radius 3 is 2.45 bits per heavy atom. The van der Waals surface area contributed by atoms with E-state index < -0.39 is 5.82 Å². The van der Waals surface area contributed by atoms with Crippen LogP contribution in [-0.2, 0) is 0 Å². The number of aldehydes is 1. The molecule has 2 aromatic carbocycles. The number of nitrogen functional groups attached to an aromatic ring is 1. The van der Waals surface area contributed by atoms with Gasteiger partial charge in [-0.25, -0.2) is 4.39 Å². The summed E-state index contributed by atoms with van der Waals surface area (Å²) in [5.74, 6) is -0.823. The van der Waals surface area contributed by atoms with Gasteiger partial charge in [0.2, 0.25) is 0 Å². The smallest absolute Gasteiger partial charge is 0.194 e. The van der Waals surface area contributed by atoms with Crippen molar-refractivity contribution >= 4 is 29.4 Å². The van der Waals surface area contributed by atoms with Crippen LogP contribution in [-0.4, -0.2) is 12.1 Å². The lowest BCUT2D eigenvalue weighted by atomic mass is 9.97. The van der Waals surface area contributed by atoms with E-state index in [0.717, 1.165) is 0 Å². The highest BCUT2D eigenvalue weighted by Gasteiger charge is 2.18. The minimum Gasteiger partial charge on any atom is -0.398 e. The molecule has 0 saturated carbocycles. The van der Waals surface area contributed by atoms with Crippen LogP contribution in [0.1, 0.15) is 31.8 Å². The van der Waals surface area contributed by atoms with E-state index in [-0.39, 0.29) is 33.2 Å². The zero-order valence-electron chi connectivity index (χ0n) is 10.6. The maximum atomic E-state index is 12.9. The van der Waals surface area contributed by atoms with Gasteiger partial charge in [-0.05, 0) is 42.8 Å². The second-order valence-electron chi connectivity index (χ2n) is 4.32. The van der Waals surface area contributed by atoms with Crippen molar-refractivity contribution in [3.8, 4) is 0 Å². The first kappa shape index (κ1) is 14.2. The normalized spacial score (nSPS) is 10.3. The fraction of sp³-hybridized carbons (Fsp3) is 0.0667. The maximum Gasteiger partial charge on any atom is 0.194 e. The average molecular weight is 292 g/mol. The van der Waals surface area contributed by atoms with Gasteiger partial charge in [-0.15, -0.1) is 0 Å². The van der Waals surface area contributed by atoms with Crippen LogP contribution in [0.2, 0.25) is 5.02 Å². The highest BCUT2D eigenvalue weighted by molar-refractivity contribution is 6.36. The summed E-state index contributed by atoms with van der Waals surface area (Å²) in [5.41, 5.74) is 7.13. The van der Waals surface area contributed by atoms with Gasteiger partial charge < -0.3 is 5.73 Å². The molecule has 102 valence electrons. The SMILES string of the molecule is Cc1c(N)c(C=O)cc(C(=O)c2ccc(F)cc2)c1Cl. The Balaban J connectivity index is 2.57. The molecule has 0 heterocycles. The third-order valence-electron chi connectivity index (χ3n) is 3.06. The van der Waals surface area contributed by atoms with Gasteiger partial charge in [-0.3, -0.25) is 9.59 Å². The molecule has 2 aromatic rings. The van der Waals surface area contributed by atoms with E-state index >= 15 is 0 Å². The van der Waals surface area contributed by atoms with E-state index in [1.165, 1.54) is 30.3 Å². The molecule has 0 saturated heterocycles. The van der Waals surface area contributed by atoms with Crippen LogP contribution in [0.5, 0.6) is 0 Å². The number of rotatable bonds is 3. The van der Waals surface area contributed by atoms with Crippen molar-refractivity contribution in [3.63, 3.8) is 0 Å². The Hall–Kier alpha value is -2.20. The minimum absolute atomic E-state index is 0.173. The predicted octanol–water partition coefficient (Wildman–Crippen LogP) is 3.41. The highest BCUT2D eigenvalue weighted by Crippen LogP contribution is 2.30. The van der Waals surface area contributed by atoms with Gasteiger partial charge in [0, 0.05) is 22.4 Å². The van der Waals surface area contributed by atoms with Crippen molar-refractivity contribution in [1.29, 1.82) is 0 Å². The number of ketones is 1. The molecule has 0 atom stereocenters. The van der Waals surface area contributed by atoms with Crippen molar-refractivity contribution in [2.45, 2.75) is 6.92 Å². The van der Waals surface area contributed by atoms with Crippen molar-refractivity contribution in [2.75, 3.05) is 5.73 Å².